The number of aliphatic hydroxyl groups is 2. The molecule has 0 aliphatic carbocycles. The SMILES string of the molecule is CCCCn1c(CN2CC(C)CC(C)C2)nc2cc(C(=O)NCC(O)CO)ccc21. The normalized spacial score (nSPS) is 21.1. The van der Waals surface area contributed by atoms with Crippen molar-refractivity contribution in [3.05, 3.63) is 29.6 Å². The van der Waals surface area contributed by atoms with E-state index in [0.29, 0.717) is 17.4 Å². The fourth-order valence-electron chi connectivity index (χ4n) is 4.51. The van der Waals surface area contributed by atoms with Gasteiger partial charge in [0.2, 0.25) is 0 Å². The number of hydrogen-bond donors (Lipinski definition) is 3. The molecule has 166 valence electrons. The Morgan fingerprint density at radius 2 is 2.03 bits per heavy atom. The molecule has 0 radical (unpaired) electrons. The summed E-state index contributed by atoms with van der Waals surface area (Å²) < 4.78 is 2.31. The zero-order valence-corrected chi connectivity index (χ0v) is 18.5. The van der Waals surface area contributed by atoms with Crippen LogP contribution in [-0.2, 0) is 13.1 Å². The molecule has 0 spiro atoms. The number of aliphatic hydroxyl groups excluding tert-OH is 2. The van der Waals surface area contributed by atoms with Gasteiger partial charge in [-0.05, 0) is 42.9 Å². The van der Waals surface area contributed by atoms with Crippen molar-refractivity contribution in [3.63, 3.8) is 0 Å². The average molecular weight is 417 g/mol. The molecule has 3 atom stereocenters. The van der Waals surface area contributed by atoms with Gasteiger partial charge in [-0.25, -0.2) is 4.98 Å². The van der Waals surface area contributed by atoms with E-state index in [1.54, 1.807) is 0 Å². The third-order valence-electron chi connectivity index (χ3n) is 5.84. The second-order valence-corrected chi connectivity index (χ2v) is 8.92. The number of hydrogen-bond acceptors (Lipinski definition) is 5. The molecule has 7 nitrogen and oxygen atoms in total. The summed E-state index contributed by atoms with van der Waals surface area (Å²) >= 11 is 0. The van der Waals surface area contributed by atoms with Crippen molar-refractivity contribution in [1.29, 1.82) is 0 Å². The minimum absolute atomic E-state index is 0.0227. The molecule has 1 aromatic carbocycles. The van der Waals surface area contributed by atoms with Crippen LogP contribution in [0.1, 0.15) is 56.2 Å². The molecule has 0 bridgehead atoms. The summed E-state index contributed by atoms with van der Waals surface area (Å²) in [6.45, 7) is 10.4. The second kappa shape index (κ2) is 10.4. The molecule has 30 heavy (non-hydrogen) atoms. The van der Waals surface area contributed by atoms with Crippen LogP contribution in [0.4, 0.5) is 0 Å². The molecule has 3 unspecified atom stereocenters. The molecule has 3 rings (SSSR count). The van der Waals surface area contributed by atoms with Gasteiger partial charge in [-0.3, -0.25) is 9.69 Å². The van der Waals surface area contributed by atoms with E-state index >= 15 is 0 Å². The molecular weight excluding hydrogens is 380 g/mol. The van der Waals surface area contributed by atoms with Gasteiger partial charge in [0.1, 0.15) is 5.82 Å². The van der Waals surface area contributed by atoms with Crippen LogP contribution in [-0.4, -0.2) is 62.9 Å². The largest absolute Gasteiger partial charge is 0.394 e. The van der Waals surface area contributed by atoms with Gasteiger partial charge >= 0.3 is 0 Å². The van der Waals surface area contributed by atoms with Crippen LogP contribution in [0.3, 0.4) is 0 Å². The quantitative estimate of drug-likeness (QED) is 0.584. The number of imidazole rings is 1. The van der Waals surface area contributed by atoms with Crippen LogP contribution in [0.15, 0.2) is 18.2 Å². The number of amides is 1. The zero-order valence-electron chi connectivity index (χ0n) is 18.5. The first-order valence-electron chi connectivity index (χ1n) is 11.2. The average Bonchev–Trinajstić information content (AvgIpc) is 3.05. The molecule has 1 aliphatic heterocycles. The van der Waals surface area contributed by atoms with Crippen molar-refractivity contribution in [3.8, 4) is 0 Å². The van der Waals surface area contributed by atoms with Crippen LogP contribution in [0.5, 0.6) is 0 Å². The zero-order chi connectivity index (χ0) is 21.7. The molecular formula is C23H36N4O3. The summed E-state index contributed by atoms with van der Waals surface area (Å²) in [6, 6.07) is 5.60. The van der Waals surface area contributed by atoms with Crippen LogP contribution >= 0.6 is 0 Å². The first-order valence-corrected chi connectivity index (χ1v) is 11.2. The fourth-order valence-corrected chi connectivity index (χ4v) is 4.51. The number of aryl methyl sites for hydroxylation is 1. The highest BCUT2D eigenvalue weighted by atomic mass is 16.3. The van der Waals surface area contributed by atoms with Gasteiger partial charge in [0.05, 0.1) is 30.3 Å². The summed E-state index contributed by atoms with van der Waals surface area (Å²) in [5, 5.41) is 21.0. The summed E-state index contributed by atoms with van der Waals surface area (Å²) in [5.41, 5.74) is 2.40. The Hall–Kier alpha value is -1.96. The van der Waals surface area contributed by atoms with Gasteiger partial charge in [-0.2, -0.15) is 0 Å². The fraction of sp³-hybridized carbons (Fsp3) is 0.652. The van der Waals surface area contributed by atoms with Gasteiger partial charge in [-0.1, -0.05) is 27.2 Å². The van der Waals surface area contributed by atoms with Crippen molar-refractivity contribution in [1.82, 2.24) is 19.8 Å². The predicted molar refractivity (Wildman–Crippen MR) is 118 cm³/mol. The van der Waals surface area contributed by atoms with Crippen LogP contribution in [0.2, 0.25) is 0 Å². The molecule has 1 saturated heterocycles. The highest BCUT2D eigenvalue weighted by molar-refractivity contribution is 5.97. The summed E-state index contributed by atoms with van der Waals surface area (Å²) in [6.07, 6.45) is 2.54. The lowest BCUT2D eigenvalue weighted by Crippen LogP contribution is -2.38. The lowest BCUT2D eigenvalue weighted by Gasteiger charge is -2.34. The van der Waals surface area contributed by atoms with E-state index in [4.69, 9.17) is 10.1 Å². The molecule has 1 amide bonds. The summed E-state index contributed by atoms with van der Waals surface area (Å²) in [5.74, 6) is 2.19. The van der Waals surface area contributed by atoms with Crippen molar-refractivity contribution < 1.29 is 15.0 Å². The Labute approximate surface area is 179 Å². The Bertz CT molecular complexity index is 840. The molecule has 3 N–H and O–H groups in total. The van der Waals surface area contributed by atoms with E-state index in [2.05, 4.69) is 35.6 Å². The number of nitrogens with zero attached hydrogens (tertiary/aromatic N) is 3. The highest BCUT2D eigenvalue weighted by Gasteiger charge is 2.24. The number of aromatic nitrogens is 2. The predicted octanol–water partition coefficient (Wildman–Crippen LogP) is 2.40. The number of carbonyl (C=O) groups excluding carboxylic acids is 1. The standard InChI is InChI=1S/C23H36N4O3/c1-4-5-8-27-21-7-6-18(23(30)24-11-19(29)15-28)10-20(21)25-22(27)14-26-12-16(2)9-17(3)13-26/h6-7,10,16-17,19,28-29H,4-5,8-9,11-15H2,1-3H3,(H,24,30). The molecule has 0 saturated carbocycles. The van der Waals surface area contributed by atoms with Gasteiger partial charge < -0.3 is 20.1 Å². The Kier molecular flexibility index (Phi) is 7.86. The first kappa shape index (κ1) is 22.7. The van der Waals surface area contributed by atoms with E-state index in [0.717, 1.165) is 55.9 Å². The number of unbranched alkanes of at least 4 members (excludes halogenated alkanes) is 1. The Morgan fingerprint density at radius 1 is 1.30 bits per heavy atom. The maximum atomic E-state index is 12.4. The van der Waals surface area contributed by atoms with Gasteiger partial charge in [-0.15, -0.1) is 0 Å². The summed E-state index contributed by atoms with van der Waals surface area (Å²) in [4.78, 5) is 19.8. The van der Waals surface area contributed by atoms with Crippen LogP contribution < -0.4 is 5.32 Å². The van der Waals surface area contributed by atoms with E-state index in [1.165, 1.54) is 6.42 Å². The maximum Gasteiger partial charge on any atom is 0.251 e. The van der Waals surface area contributed by atoms with Gasteiger partial charge in [0.25, 0.3) is 5.91 Å². The van der Waals surface area contributed by atoms with Crippen molar-refractivity contribution in [2.75, 3.05) is 26.2 Å². The minimum atomic E-state index is -0.952. The highest BCUT2D eigenvalue weighted by Crippen LogP contribution is 2.25. The second-order valence-electron chi connectivity index (χ2n) is 8.92. The molecule has 1 aromatic heterocycles. The van der Waals surface area contributed by atoms with E-state index in [-0.39, 0.29) is 19.1 Å². The van der Waals surface area contributed by atoms with Crippen molar-refractivity contribution >= 4 is 16.9 Å². The van der Waals surface area contributed by atoms with E-state index in [9.17, 15) is 9.90 Å². The third-order valence-corrected chi connectivity index (χ3v) is 5.84. The third kappa shape index (κ3) is 5.59. The van der Waals surface area contributed by atoms with Gasteiger partial charge in [0.15, 0.2) is 0 Å². The lowest BCUT2D eigenvalue weighted by molar-refractivity contribution is 0.0802. The Balaban J connectivity index is 1.83. The van der Waals surface area contributed by atoms with Crippen molar-refractivity contribution in [2.24, 2.45) is 11.8 Å². The first-order chi connectivity index (χ1) is 14.4. The van der Waals surface area contributed by atoms with Crippen molar-refractivity contribution in [2.45, 2.75) is 59.2 Å². The molecule has 7 heteroatoms. The number of likely N-dealkylation sites (tertiary alicyclic amines) is 1. The van der Waals surface area contributed by atoms with Crippen LogP contribution in [0.25, 0.3) is 11.0 Å². The molecule has 2 heterocycles. The smallest absolute Gasteiger partial charge is 0.251 e. The molecule has 1 fully saturated rings. The Morgan fingerprint density at radius 3 is 2.70 bits per heavy atom. The van der Waals surface area contributed by atoms with Gasteiger partial charge in [0, 0.05) is 31.7 Å². The lowest BCUT2D eigenvalue weighted by atomic mass is 9.92. The number of rotatable bonds is 9. The van der Waals surface area contributed by atoms with E-state index in [1.807, 2.05) is 18.2 Å². The number of fused-ring (bicyclic) bond motifs is 1. The number of carbonyl (C=O) groups is 1. The number of benzene rings is 1. The maximum absolute atomic E-state index is 12.4. The molecule has 2 aromatic rings. The van der Waals surface area contributed by atoms with Crippen LogP contribution in [0, 0.1) is 11.8 Å². The molecule has 1 aliphatic rings. The number of nitrogens with one attached hydrogen (secondary N) is 1. The minimum Gasteiger partial charge on any atom is -0.394 e. The topological polar surface area (TPSA) is 90.6 Å². The monoisotopic (exact) mass is 416 g/mol. The van der Waals surface area contributed by atoms with E-state index < -0.39 is 6.10 Å². The summed E-state index contributed by atoms with van der Waals surface area (Å²) in [7, 11) is 0. The number of piperidine rings is 1.